The molecular weight excluding hydrogens is 372 g/mol. The molecule has 7 heteroatoms. The van der Waals surface area contributed by atoms with Crippen molar-refractivity contribution in [2.75, 3.05) is 18.5 Å². The normalized spacial score (nSPS) is 23.9. The quantitative estimate of drug-likeness (QED) is 0.645. The molecule has 1 aromatic carbocycles. The zero-order chi connectivity index (χ0) is 20.8. The fourth-order valence-electron chi connectivity index (χ4n) is 3.82. The molecule has 0 radical (unpaired) electrons. The SMILES string of the molecule is Cc1ccc(C(N=C2C(=O)CC2Nc2cccc(C(C)O)c2O)C2(C)COC2)o1. The van der Waals surface area contributed by atoms with E-state index < -0.39 is 6.10 Å². The summed E-state index contributed by atoms with van der Waals surface area (Å²) >= 11 is 0. The smallest absolute Gasteiger partial charge is 0.181 e. The number of aliphatic hydroxyl groups is 1. The minimum atomic E-state index is -0.793. The third-order valence-electron chi connectivity index (χ3n) is 5.67. The van der Waals surface area contributed by atoms with Crippen molar-refractivity contribution < 1.29 is 24.2 Å². The van der Waals surface area contributed by atoms with Crippen molar-refractivity contribution in [3.63, 3.8) is 0 Å². The maximum absolute atomic E-state index is 12.4. The fraction of sp³-hybridized carbons (Fsp3) is 0.455. The van der Waals surface area contributed by atoms with Gasteiger partial charge >= 0.3 is 0 Å². The van der Waals surface area contributed by atoms with Crippen molar-refractivity contribution in [3.05, 3.63) is 47.4 Å². The van der Waals surface area contributed by atoms with Gasteiger partial charge in [0.15, 0.2) is 5.78 Å². The molecule has 1 aliphatic heterocycles. The Labute approximate surface area is 169 Å². The fourth-order valence-corrected chi connectivity index (χ4v) is 3.82. The molecule has 3 N–H and O–H groups in total. The summed E-state index contributed by atoms with van der Waals surface area (Å²) in [5.74, 6) is 1.48. The van der Waals surface area contributed by atoms with E-state index in [9.17, 15) is 15.0 Å². The molecule has 3 atom stereocenters. The van der Waals surface area contributed by atoms with Gasteiger partial charge in [-0.1, -0.05) is 19.1 Å². The molecule has 0 spiro atoms. The van der Waals surface area contributed by atoms with Crippen LogP contribution in [0.1, 0.15) is 49.5 Å². The van der Waals surface area contributed by atoms with Gasteiger partial charge in [0.05, 0.1) is 31.0 Å². The molecule has 1 aliphatic carbocycles. The van der Waals surface area contributed by atoms with Crippen molar-refractivity contribution in [2.24, 2.45) is 10.4 Å². The molecule has 2 heterocycles. The van der Waals surface area contributed by atoms with Gasteiger partial charge in [-0.05, 0) is 32.0 Å². The third-order valence-corrected chi connectivity index (χ3v) is 5.67. The lowest BCUT2D eigenvalue weighted by Gasteiger charge is -2.42. The minimum Gasteiger partial charge on any atom is -0.505 e. The number of furan rings is 1. The number of benzene rings is 1. The number of aliphatic hydroxyl groups excluding tert-OH is 1. The first-order valence-corrected chi connectivity index (χ1v) is 9.80. The molecule has 0 bridgehead atoms. The summed E-state index contributed by atoms with van der Waals surface area (Å²) in [7, 11) is 0. The Bertz CT molecular complexity index is 958. The number of carbonyl (C=O) groups excluding carboxylic acids is 1. The molecule has 2 aromatic rings. The van der Waals surface area contributed by atoms with E-state index in [4.69, 9.17) is 14.1 Å². The number of hydrogen-bond acceptors (Lipinski definition) is 7. The maximum atomic E-state index is 12.4. The average Bonchev–Trinajstić information content (AvgIpc) is 3.07. The second kappa shape index (κ2) is 7.31. The van der Waals surface area contributed by atoms with Gasteiger partial charge in [0.1, 0.15) is 29.0 Å². The molecule has 154 valence electrons. The number of aromatic hydroxyl groups is 1. The number of rotatable bonds is 6. The Kier molecular flexibility index (Phi) is 4.96. The van der Waals surface area contributed by atoms with Crippen LogP contribution in [-0.4, -0.2) is 41.0 Å². The number of anilines is 1. The number of para-hydroxylation sites is 1. The van der Waals surface area contributed by atoms with Crippen molar-refractivity contribution in [3.8, 4) is 5.75 Å². The number of nitrogens with one attached hydrogen (secondary N) is 1. The second-order valence-electron chi connectivity index (χ2n) is 8.26. The highest BCUT2D eigenvalue weighted by Crippen LogP contribution is 2.44. The number of ether oxygens (including phenoxy) is 1. The summed E-state index contributed by atoms with van der Waals surface area (Å²) in [5.41, 5.74) is 1.12. The molecular formula is C22H26N2O5. The summed E-state index contributed by atoms with van der Waals surface area (Å²) in [6, 6.07) is 8.31. The van der Waals surface area contributed by atoms with Crippen LogP contribution >= 0.6 is 0 Å². The molecule has 3 unspecified atom stereocenters. The Morgan fingerprint density at radius 3 is 2.59 bits per heavy atom. The van der Waals surface area contributed by atoms with Gasteiger partial charge in [-0.2, -0.15) is 0 Å². The van der Waals surface area contributed by atoms with Gasteiger partial charge in [0.25, 0.3) is 0 Å². The largest absolute Gasteiger partial charge is 0.505 e. The van der Waals surface area contributed by atoms with Crippen molar-refractivity contribution in [2.45, 2.75) is 45.4 Å². The summed E-state index contributed by atoms with van der Waals surface area (Å²) in [4.78, 5) is 17.2. The predicted molar refractivity (Wildman–Crippen MR) is 108 cm³/mol. The van der Waals surface area contributed by atoms with E-state index in [2.05, 4.69) is 12.2 Å². The van der Waals surface area contributed by atoms with Crippen LogP contribution in [0.3, 0.4) is 0 Å². The number of aliphatic imine (C=N–C) groups is 1. The minimum absolute atomic E-state index is 0.0150. The number of Topliss-reactive ketones (excluding diaryl/α,β-unsaturated/α-hetero) is 1. The number of aryl methyl sites for hydroxylation is 1. The van der Waals surface area contributed by atoms with Crippen LogP contribution in [0, 0.1) is 12.3 Å². The first-order valence-electron chi connectivity index (χ1n) is 9.80. The van der Waals surface area contributed by atoms with Crippen LogP contribution < -0.4 is 5.32 Å². The number of ketones is 1. The first-order chi connectivity index (χ1) is 13.8. The number of phenolic OH excluding ortho intramolecular Hbond substituents is 1. The van der Waals surface area contributed by atoms with Crippen molar-refractivity contribution in [1.29, 1.82) is 0 Å². The van der Waals surface area contributed by atoms with E-state index in [0.29, 0.717) is 36.6 Å². The van der Waals surface area contributed by atoms with E-state index in [-0.39, 0.29) is 29.0 Å². The van der Waals surface area contributed by atoms with E-state index >= 15 is 0 Å². The Morgan fingerprint density at radius 2 is 2.03 bits per heavy atom. The number of carbonyl (C=O) groups is 1. The number of nitrogens with zero attached hydrogens (tertiary/aromatic N) is 1. The molecule has 4 rings (SSSR count). The lowest BCUT2D eigenvalue weighted by atomic mass is 9.78. The van der Waals surface area contributed by atoms with E-state index in [1.54, 1.807) is 25.1 Å². The molecule has 0 amide bonds. The van der Waals surface area contributed by atoms with Crippen LogP contribution in [0.2, 0.25) is 0 Å². The van der Waals surface area contributed by atoms with Crippen LogP contribution in [0.25, 0.3) is 0 Å². The lowest BCUT2D eigenvalue weighted by molar-refractivity contribution is -0.119. The molecule has 2 fully saturated rings. The molecule has 7 nitrogen and oxygen atoms in total. The van der Waals surface area contributed by atoms with Gasteiger partial charge < -0.3 is 24.7 Å². The van der Waals surface area contributed by atoms with E-state index in [1.807, 2.05) is 19.1 Å². The molecule has 1 saturated carbocycles. The highest BCUT2D eigenvalue weighted by molar-refractivity contribution is 6.49. The standard InChI is InChI=1S/C22H26N2O5/c1-12-7-8-18(29-12)21(22(3)10-28-11-22)24-19-16(9-17(19)26)23-15-6-4-5-14(13(2)25)20(15)27/h4-8,13,16,21,23,25,27H,9-11H2,1-3H3. The van der Waals surface area contributed by atoms with Gasteiger partial charge in [0.2, 0.25) is 0 Å². The van der Waals surface area contributed by atoms with Crippen molar-refractivity contribution in [1.82, 2.24) is 0 Å². The Morgan fingerprint density at radius 1 is 1.28 bits per heavy atom. The highest BCUT2D eigenvalue weighted by atomic mass is 16.5. The van der Waals surface area contributed by atoms with Crippen LogP contribution in [-0.2, 0) is 9.53 Å². The summed E-state index contributed by atoms with van der Waals surface area (Å²) in [6.45, 7) is 6.65. The van der Waals surface area contributed by atoms with Crippen LogP contribution in [0.5, 0.6) is 5.75 Å². The molecule has 2 aliphatic rings. The average molecular weight is 398 g/mol. The van der Waals surface area contributed by atoms with Gasteiger partial charge in [-0.3, -0.25) is 9.79 Å². The molecule has 29 heavy (non-hydrogen) atoms. The maximum Gasteiger partial charge on any atom is 0.181 e. The molecule has 1 aromatic heterocycles. The van der Waals surface area contributed by atoms with Crippen LogP contribution in [0.15, 0.2) is 39.7 Å². The predicted octanol–water partition coefficient (Wildman–Crippen LogP) is 3.32. The monoisotopic (exact) mass is 398 g/mol. The number of phenols is 1. The zero-order valence-corrected chi connectivity index (χ0v) is 16.8. The van der Waals surface area contributed by atoms with Crippen molar-refractivity contribution >= 4 is 17.2 Å². The number of hydrogen-bond donors (Lipinski definition) is 3. The zero-order valence-electron chi connectivity index (χ0n) is 16.8. The first kappa shape index (κ1) is 19.7. The second-order valence-corrected chi connectivity index (χ2v) is 8.26. The third kappa shape index (κ3) is 3.56. The Hall–Kier alpha value is -2.64. The Balaban J connectivity index is 1.62. The van der Waals surface area contributed by atoms with E-state index in [0.717, 1.165) is 11.5 Å². The summed E-state index contributed by atoms with van der Waals surface area (Å²) < 4.78 is 11.2. The van der Waals surface area contributed by atoms with Crippen LogP contribution in [0.4, 0.5) is 5.69 Å². The topological polar surface area (TPSA) is 104 Å². The lowest BCUT2D eigenvalue weighted by Crippen LogP contribution is -2.50. The van der Waals surface area contributed by atoms with Gasteiger partial charge in [0, 0.05) is 17.4 Å². The van der Waals surface area contributed by atoms with Gasteiger partial charge in [-0.25, -0.2) is 0 Å². The highest BCUT2D eigenvalue weighted by Gasteiger charge is 2.46. The summed E-state index contributed by atoms with van der Waals surface area (Å²) in [6.07, 6.45) is -0.494. The van der Waals surface area contributed by atoms with Gasteiger partial charge in [-0.15, -0.1) is 0 Å². The molecule has 1 saturated heterocycles. The van der Waals surface area contributed by atoms with E-state index in [1.165, 1.54) is 0 Å². The summed E-state index contributed by atoms with van der Waals surface area (Å²) in [5, 5.41) is 23.4.